The first-order valence-corrected chi connectivity index (χ1v) is 7.87. The van der Waals surface area contributed by atoms with Gasteiger partial charge in [-0.3, -0.25) is 9.40 Å². The second-order valence-corrected chi connectivity index (χ2v) is 6.55. The summed E-state index contributed by atoms with van der Waals surface area (Å²) in [5, 5.41) is 7.16. The first kappa shape index (κ1) is 14.3. The maximum atomic E-state index is 12.2. The predicted molar refractivity (Wildman–Crippen MR) is 74.0 cm³/mol. The van der Waals surface area contributed by atoms with Gasteiger partial charge in [-0.05, 0) is 32.4 Å². The van der Waals surface area contributed by atoms with Gasteiger partial charge in [-0.15, -0.1) is 0 Å². The van der Waals surface area contributed by atoms with E-state index in [1.807, 2.05) is 7.05 Å². The fourth-order valence-corrected chi connectivity index (χ4v) is 3.50. The van der Waals surface area contributed by atoms with E-state index in [-0.39, 0.29) is 0 Å². The van der Waals surface area contributed by atoms with Crippen molar-refractivity contribution in [3.05, 3.63) is 12.3 Å². The zero-order valence-corrected chi connectivity index (χ0v) is 12.2. The van der Waals surface area contributed by atoms with Gasteiger partial charge in [0.2, 0.25) is 0 Å². The van der Waals surface area contributed by atoms with Crippen molar-refractivity contribution < 1.29 is 8.42 Å². The van der Waals surface area contributed by atoms with Crippen LogP contribution in [0.3, 0.4) is 0 Å². The van der Waals surface area contributed by atoms with Crippen molar-refractivity contribution in [1.29, 1.82) is 0 Å². The van der Waals surface area contributed by atoms with E-state index in [2.05, 4.69) is 15.1 Å². The summed E-state index contributed by atoms with van der Waals surface area (Å²) in [5.41, 5.74) is 0. The molecule has 0 aliphatic carbocycles. The zero-order valence-electron chi connectivity index (χ0n) is 11.3. The Morgan fingerprint density at radius 3 is 2.63 bits per heavy atom. The van der Waals surface area contributed by atoms with Crippen LogP contribution in [0.2, 0.25) is 0 Å². The van der Waals surface area contributed by atoms with Crippen LogP contribution in [0.4, 0.5) is 5.82 Å². The van der Waals surface area contributed by atoms with Crippen molar-refractivity contribution >= 4 is 16.0 Å². The topological polar surface area (TPSA) is 79.3 Å². The average Bonchev–Trinajstić information content (AvgIpc) is 2.75. The molecule has 1 aromatic heterocycles. The highest BCUT2D eigenvalue weighted by Crippen LogP contribution is 2.19. The van der Waals surface area contributed by atoms with Crippen molar-refractivity contribution in [3.8, 4) is 0 Å². The molecule has 8 heteroatoms. The third-order valence-corrected chi connectivity index (χ3v) is 4.87. The molecular weight excluding hydrogens is 266 g/mol. The third kappa shape index (κ3) is 3.68. The van der Waals surface area contributed by atoms with Crippen LogP contribution in [0.15, 0.2) is 12.3 Å². The van der Waals surface area contributed by atoms with Crippen LogP contribution in [-0.2, 0) is 17.3 Å². The lowest BCUT2D eigenvalue weighted by Crippen LogP contribution is -2.43. The van der Waals surface area contributed by atoms with E-state index in [1.54, 1.807) is 24.0 Å². The summed E-state index contributed by atoms with van der Waals surface area (Å²) in [6, 6.07) is 1.64. The molecule has 0 unspecified atom stereocenters. The second-order valence-electron chi connectivity index (χ2n) is 4.88. The monoisotopic (exact) mass is 287 g/mol. The molecule has 1 aliphatic rings. The molecular formula is C11H21N5O2S. The van der Waals surface area contributed by atoms with Crippen LogP contribution in [0.1, 0.15) is 12.8 Å². The number of anilines is 1. The highest BCUT2D eigenvalue weighted by molar-refractivity contribution is 7.90. The number of rotatable bonds is 5. The summed E-state index contributed by atoms with van der Waals surface area (Å²) in [7, 11) is 0.199. The minimum absolute atomic E-state index is 0.361. The van der Waals surface area contributed by atoms with E-state index in [0.717, 1.165) is 19.4 Å². The van der Waals surface area contributed by atoms with Gasteiger partial charge in [0.25, 0.3) is 0 Å². The first-order chi connectivity index (χ1) is 9.01. The lowest BCUT2D eigenvalue weighted by atomic mass is 9.98. The zero-order chi connectivity index (χ0) is 13.9. The summed E-state index contributed by atoms with van der Waals surface area (Å²) in [6.45, 7) is 2.07. The summed E-state index contributed by atoms with van der Waals surface area (Å²) in [5.74, 6) is 0.922. The van der Waals surface area contributed by atoms with Crippen molar-refractivity contribution in [1.82, 2.24) is 19.4 Å². The molecule has 1 fully saturated rings. The van der Waals surface area contributed by atoms with E-state index in [0.29, 0.717) is 24.8 Å². The van der Waals surface area contributed by atoms with Crippen LogP contribution in [0.25, 0.3) is 0 Å². The van der Waals surface area contributed by atoms with E-state index >= 15 is 0 Å². The van der Waals surface area contributed by atoms with Crippen LogP contribution >= 0.6 is 0 Å². The number of nitrogens with one attached hydrogen (secondary N) is 2. The highest BCUT2D eigenvalue weighted by atomic mass is 32.2. The Kier molecular flexibility index (Phi) is 4.43. The molecule has 0 bridgehead atoms. The molecule has 0 spiro atoms. The second kappa shape index (κ2) is 5.89. The van der Waals surface area contributed by atoms with Gasteiger partial charge in [-0.1, -0.05) is 0 Å². The van der Waals surface area contributed by atoms with Crippen molar-refractivity contribution in [2.24, 2.45) is 13.0 Å². The van der Waals surface area contributed by atoms with Gasteiger partial charge in [-0.25, -0.2) is 0 Å². The molecule has 2 heterocycles. The maximum absolute atomic E-state index is 12.2. The Morgan fingerprint density at radius 1 is 1.42 bits per heavy atom. The molecule has 108 valence electrons. The van der Waals surface area contributed by atoms with Crippen molar-refractivity contribution in [2.45, 2.75) is 12.8 Å². The number of piperidine rings is 1. The maximum Gasteiger partial charge on any atom is 0.302 e. The summed E-state index contributed by atoms with van der Waals surface area (Å²) in [4.78, 5) is 0. The predicted octanol–water partition coefficient (Wildman–Crippen LogP) is 0.00820. The number of hydrogen-bond acceptors (Lipinski definition) is 4. The van der Waals surface area contributed by atoms with Gasteiger partial charge >= 0.3 is 10.2 Å². The van der Waals surface area contributed by atoms with Crippen LogP contribution in [-0.4, -0.2) is 49.2 Å². The Labute approximate surface area is 114 Å². The Bertz CT molecular complexity index is 505. The highest BCUT2D eigenvalue weighted by Gasteiger charge is 2.28. The van der Waals surface area contributed by atoms with Crippen molar-refractivity contribution in [2.75, 3.05) is 31.4 Å². The summed E-state index contributed by atoms with van der Waals surface area (Å²) >= 11 is 0. The summed E-state index contributed by atoms with van der Waals surface area (Å²) in [6.07, 6.45) is 3.49. The third-order valence-electron chi connectivity index (χ3n) is 3.35. The Morgan fingerprint density at radius 2 is 2.11 bits per heavy atom. The molecule has 0 aromatic carbocycles. The number of aromatic nitrogens is 2. The van der Waals surface area contributed by atoms with E-state index in [4.69, 9.17) is 0 Å². The van der Waals surface area contributed by atoms with E-state index < -0.39 is 10.2 Å². The fourth-order valence-electron chi connectivity index (χ4n) is 2.31. The van der Waals surface area contributed by atoms with Crippen molar-refractivity contribution in [3.63, 3.8) is 0 Å². The Hall–Kier alpha value is -1.12. The molecule has 0 amide bonds. The minimum atomic E-state index is -3.47. The lowest BCUT2D eigenvalue weighted by Gasteiger charge is -2.30. The van der Waals surface area contributed by atoms with Crippen LogP contribution < -0.4 is 10.0 Å². The standard InChI is InChI=1S/C11H21N5O2S/c1-12-9-10-3-7-16(8-4-10)19(17,18)14-11-5-6-15(2)13-11/h5-6,10,12H,3-4,7-9H2,1-2H3,(H,13,14). The SMILES string of the molecule is CNCC1CCN(S(=O)(=O)Nc2ccn(C)n2)CC1. The van der Waals surface area contributed by atoms with Gasteiger partial charge < -0.3 is 5.32 Å². The molecule has 19 heavy (non-hydrogen) atoms. The molecule has 1 aromatic rings. The van der Waals surface area contributed by atoms with Gasteiger partial charge in [-0.2, -0.15) is 17.8 Å². The van der Waals surface area contributed by atoms with Gasteiger partial charge in [0.15, 0.2) is 5.82 Å². The van der Waals surface area contributed by atoms with Gasteiger partial charge in [0.1, 0.15) is 0 Å². The number of hydrogen-bond donors (Lipinski definition) is 2. The molecule has 0 saturated carbocycles. The normalized spacial score (nSPS) is 18.6. The average molecular weight is 287 g/mol. The fraction of sp³-hybridized carbons (Fsp3) is 0.727. The molecule has 1 saturated heterocycles. The number of nitrogens with zero attached hydrogens (tertiary/aromatic N) is 3. The van der Waals surface area contributed by atoms with Crippen LogP contribution in [0, 0.1) is 5.92 Å². The van der Waals surface area contributed by atoms with Crippen LogP contribution in [0.5, 0.6) is 0 Å². The molecule has 0 radical (unpaired) electrons. The van der Waals surface area contributed by atoms with Gasteiger partial charge in [0, 0.05) is 32.4 Å². The van der Waals surface area contributed by atoms with Gasteiger partial charge in [0.05, 0.1) is 0 Å². The largest absolute Gasteiger partial charge is 0.319 e. The number of aryl methyl sites for hydroxylation is 1. The smallest absolute Gasteiger partial charge is 0.302 e. The molecule has 0 atom stereocenters. The molecule has 7 nitrogen and oxygen atoms in total. The van der Waals surface area contributed by atoms with E-state index in [9.17, 15) is 8.42 Å². The summed E-state index contributed by atoms with van der Waals surface area (Å²) < 4.78 is 29.9. The van der Waals surface area contributed by atoms with E-state index in [1.165, 1.54) is 4.31 Å². The minimum Gasteiger partial charge on any atom is -0.319 e. The quantitative estimate of drug-likeness (QED) is 0.799. The molecule has 1 aliphatic heterocycles. The lowest BCUT2D eigenvalue weighted by molar-refractivity contribution is 0.272. The molecule has 2 rings (SSSR count). The molecule has 2 N–H and O–H groups in total. The first-order valence-electron chi connectivity index (χ1n) is 6.43. The Balaban J connectivity index is 1.94.